The van der Waals surface area contributed by atoms with E-state index in [0.717, 1.165) is 63.9 Å². The number of likely N-dealkylation sites (tertiary alicyclic amines) is 1. The summed E-state index contributed by atoms with van der Waals surface area (Å²) >= 11 is 0. The number of aliphatic imine (C=N–C) groups is 1. The quantitative estimate of drug-likeness (QED) is 0.532. The second-order valence-electron chi connectivity index (χ2n) is 8.37. The van der Waals surface area contributed by atoms with E-state index >= 15 is 0 Å². The number of nitrogens with one attached hydrogen (secondary N) is 2. The molecule has 3 fully saturated rings. The molecular weight excluding hydrogens is 314 g/mol. The van der Waals surface area contributed by atoms with Crippen molar-refractivity contribution in [1.29, 1.82) is 0 Å². The van der Waals surface area contributed by atoms with Gasteiger partial charge in [-0.2, -0.15) is 0 Å². The Hall–Kier alpha value is -0.850. The van der Waals surface area contributed by atoms with Crippen LogP contribution in [0.15, 0.2) is 4.99 Å². The number of nitrogens with zero attached hydrogens (tertiary/aromatic N) is 3. The average Bonchev–Trinajstić information content (AvgIpc) is 3.37. The van der Waals surface area contributed by atoms with Crippen LogP contribution in [0.25, 0.3) is 0 Å². The van der Waals surface area contributed by atoms with Crippen LogP contribution in [0.4, 0.5) is 0 Å². The maximum Gasteiger partial charge on any atom is 0.191 e. The predicted molar refractivity (Wildman–Crippen MR) is 103 cm³/mol. The van der Waals surface area contributed by atoms with Crippen molar-refractivity contribution >= 4 is 5.96 Å². The van der Waals surface area contributed by atoms with Gasteiger partial charge in [-0.1, -0.05) is 0 Å². The molecule has 0 aromatic rings. The highest BCUT2D eigenvalue weighted by Crippen LogP contribution is 2.31. The van der Waals surface area contributed by atoms with E-state index < -0.39 is 0 Å². The van der Waals surface area contributed by atoms with Gasteiger partial charge in [0.2, 0.25) is 0 Å². The smallest absolute Gasteiger partial charge is 0.191 e. The Morgan fingerprint density at radius 3 is 2.56 bits per heavy atom. The van der Waals surface area contributed by atoms with Crippen molar-refractivity contribution in [2.75, 3.05) is 59.0 Å². The number of hydrogen-bond donors (Lipinski definition) is 2. The number of hydrogen-bond acceptors (Lipinski definition) is 4. The van der Waals surface area contributed by atoms with Gasteiger partial charge in [0.15, 0.2) is 5.96 Å². The average molecular weight is 352 g/mol. The highest BCUT2D eigenvalue weighted by Gasteiger charge is 2.34. The normalized spacial score (nSPS) is 26.8. The van der Waals surface area contributed by atoms with Crippen LogP contribution in [0.5, 0.6) is 0 Å². The fourth-order valence-electron chi connectivity index (χ4n) is 3.92. The summed E-state index contributed by atoms with van der Waals surface area (Å²) in [6, 6.07) is 0.904. The van der Waals surface area contributed by atoms with Gasteiger partial charge in [0, 0.05) is 44.3 Å². The Labute approximate surface area is 153 Å². The minimum absolute atomic E-state index is 0.0717. The second-order valence-corrected chi connectivity index (χ2v) is 8.37. The van der Waals surface area contributed by atoms with Crippen LogP contribution in [0.2, 0.25) is 0 Å². The summed E-state index contributed by atoms with van der Waals surface area (Å²) in [6.45, 7) is 15.7. The lowest BCUT2D eigenvalue weighted by Crippen LogP contribution is -2.52. The van der Waals surface area contributed by atoms with Crippen LogP contribution in [0, 0.1) is 5.92 Å². The highest BCUT2D eigenvalue weighted by atomic mass is 16.5. The second kappa shape index (κ2) is 8.69. The Bertz CT molecular complexity index is 443. The molecule has 0 aromatic carbocycles. The Kier molecular flexibility index (Phi) is 6.58. The molecule has 25 heavy (non-hydrogen) atoms. The summed E-state index contributed by atoms with van der Waals surface area (Å²) in [5.74, 6) is 1.73. The molecule has 3 rings (SSSR count). The van der Waals surface area contributed by atoms with E-state index in [1.165, 1.54) is 32.4 Å². The van der Waals surface area contributed by atoms with E-state index in [1.807, 2.05) is 0 Å². The summed E-state index contributed by atoms with van der Waals surface area (Å²) in [6.07, 6.45) is 4.16. The third-order valence-electron chi connectivity index (χ3n) is 5.77. The first kappa shape index (κ1) is 18.9. The minimum atomic E-state index is 0.0717. The molecule has 1 unspecified atom stereocenters. The molecule has 6 nitrogen and oxygen atoms in total. The van der Waals surface area contributed by atoms with Gasteiger partial charge in [0.25, 0.3) is 0 Å². The molecule has 2 saturated heterocycles. The minimum Gasteiger partial charge on any atom is -0.379 e. The van der Waals surface area contributed by atoms with Crippen LogP contribution in [-0.2, 0) is 4.74 Å². The van der Waals surface area contributed by atoms with E-state index in [2.05, 4.69) is 41.2 Å². The molecule has 1 aliphatic carbocycles. The Balaban J connectivity index is 1.46. The van der Waals surface area contributed by atoms with E-state index in [9.17, 15) is 0 Å². The zero-order chi connectivity index (χ0) is 17.7. The molecule has 0 bridgehead atoms. The highest BCUT2D eigenvalue weighted by molar-refractivity contribution is 5.79. The van der Waals surface area contributed by atoms with E-state index in [-0.39, 0.29) is 5.54 Å². The molecule has 6 heteroatoms. The van der Waals surface area contributed by atoms with Crippen LogP contribution in [0.3, 0.4) is 0 Å². The van der Waals surface area contributed by atoms with Gasteiger partial charge in [0.05, 0.1) is 19.8 Å². The summed E-state index contributed by atoms with van der Waals surface area (Å²) in [5.41, 5.74) is 0.0717. The third kappa shape index (κ3) is 5.56. The monoisotopic (exact) mass is 351 g/mol. The first-order valence-corrected chi connectivity index (χ1v) is 10.2. The standard InChI is InChI=1S/C19H37N5O/c1-4-20-18(21-13-16-7-8-23(14-16)17-5-6-17)22-15-19(2,3)24-9-11-25-12-10-24/h16-17H,4-15H2,1-3H3,(H2,20,21,22). The molecular formula is C19H37N5O. The van der Waals surface area contributed by atoms with Gasteiger partial charge in [-0.05, 0) is 52.5 Å². The molecule has 0 radical (unpaired) electrons. The lowest BCUT2D eigenvalue weighted by atomic mass is 10.0. The van der Waals surface area contributed by atoms with Gasteiger partial charge >= 0.3 is 0 Å². The molecule has 144 valence electrons. The maximum absolute atomic E-state index is 5.48. The fraction of sp³-hybridized carbons (Fsp3) is 0.947. The number of rotatable bonds is 7. The molecule has 1 saturated carbocycles. The molecule has 0 amide bonds. The number of ether oxygens (including phenoxy) is 1. The number of morpholine rings is 1. The lowest BCUT2D eigenvalue weighted by molar-refractivity contribution is -0.00683. The van der Waals surface area contributed by atoms with Crippen LogP contribution < -0.4 is 10.6 Å². The first-order valence-electron chi connectivity index (χ1n) is 10.2. The zero-order valence-corrected chi connectivity index (χ0v) is 16.4. The molecule has 2 N–H and O–H groups in total. The predicted octanol–water partition coefficient (Wildman–Crippen LogP) is 1.14. The molecule has 0 spiro atoms. The first-order chi connectivity index (χ1) is 12.1. The van der Waals surface area contributed by atoms with Crippen LogP contribution >= 0.6 is 0 Å². The van der Waals surface area contributed by atoms with E-state index in [0.29, 0.717) is 0 Å². The Morgan fingerprint density at radius 1 is 1.12 bits per heavy atom. The SMILES string of the molecule is CCNC(=NCC(C)(C)N1CCOCC1)NCC1CCN(C2CC2)C1. The molecule has 0 aromatic heterocycles. The van der Waals surface area contributed by atoms with Crippen molar-refractivity contribution in [2.24, 2.45) is 10.9 Å². The summed E-state index contributed by atoms with van der Waals surface area (Å²) in [7, 11) is 0. The molecule has 2 aliphatic heterocycles. The zero-order valence-electron chi connectivity index (χ0n) is 16.4. The van der Waals surface area contributed by atoms with Crippen LogP contribution in [-0.4, -0.2) is 86.4 Å². The van der Waals surface area contributed by atoms with E-state index in [1.54, 1.807) is 0 Å². The topological polar surface area (TPSA) is 52.1 Å². The van der Waals surface area contributed by atoms with Crippen molar-refractivity contribution in [1.82, 2.24) is 20.4 Å². The number of guanidine groups is 1. The summed E-state index contributed by atoms with van der Waals surface area (Å²) < 4.78 is 5.48. The van der Waals surface area contributed by atoms with Gasteiger partial charge in [0.1, 0.15) is 0 Å². The summed E-state index contributed by atoms with van der Waals surface area (Å²) in [5, 5.41) is 7.00. The molecule has 2 heterocycles. The third-order valence-corrected chi connectivity index (χ3v) is 5.77. The van der Waals surface area contributed by atoms with Crippen molar-refractivity contribution in [2.45, 2.75) is 51.6 Å². The van der Waals surface area contributed by atoms with Crippen molar-refractivity contribution in [3.8, 4) is 0 Å². The summed E-state index contributed by atoms with van der Waals surface area (Å²) in [4.78, 5) is 10.1. The van der Waals surface area contributed by atoms with Gasteiger partial charge in [-0.25, -0.2) is 0 Å². The molecule has 3 aliphatic rings. The molecule has 1 atom stereocenters. The maximum atomic E-state index is 5.48. The van der Waals surface area contributed by atoms with Crippen molar-refractivity contribution < 1.29 is 4.74 Å². The van der Waals surface area contributed by atoms with Gasteiger partial charge in [-0.3, -0.25) is 9.89 Å². The van der Waals surface area contributed by atoms with Crippen molar-refractivity contribution in [3.63, 3.8) is 0 Å². The van der Waals surface area contributed by atoms with Gasteiger partial charge < -0.3 is 20.3 Å². The Morgan fingerprint density at radius 2 is 1.88 bits per heavy atom. The van der Waals surface area contributed by atoms with Gasteiger partial charge in [-0.15, -0.1) is 0 Å². The fourth-order valence-corrected chi connectivity index (χ4v) is 3.92. The van der Waals surface area contributed by atoms with E-state index in [4.69, 9.17) is 9.73 Å². The largest absolute Gasteiger partial charge is 0.379 e. The van der Waals surface area contributed by atoms with Crippen molar-refractivity contribution in [3.05, 3.63) is 0 Å². The lowest BCUT2D eigenvalue weighted by Gasteiger charge is -2.39. The van der Waals surface area contributed by atoms with Crippen LogP contribution in [0.1, 0.15) is 40.0 Å².